The minimum Gasteiger partial charge on any atom is -0.393 e. The number of aliphatic hydroxyl groups excluding tert-OH is 1. The van der Waals surface area contributed by atoms with Crippen LogP contribution in [0.2, 0.25) is 0 Å². The molecule has 0 aliphatic heterocycles. The van der Waals surface area contributed by atoms with Crippen molar-refractivity contribution < 1.29 is 5.11 Å². The highest BCUT2D eigenvalue weighted by atomic mass is 16.3. The first-order chi connectivity index (χ1) is 5.63. The first kappa shape index (κ1) is 7.37. The second kappa shape index (κ2) is 1.89. The van der Waals surface area contributed by atoms with Gasteiger partial charge in [0.05, 0.1) is 6.10 Å². The zero-order chi connectivity index (χ0) is 8.51. The Hall–Kier alpha value is -0.0400. The molecule has 0 heterocycles. The molecule has 3 fully saturated rings. The van der Waals surface area contributed by atoms with E-state index >= 15 is 0 Å². The molecule has 0 aromatic rings. The Kier molecular flexibility index (Phi) is 1.16. The normalized spacial score (nSPS) is 67.8. The maximum Gasteiger partial charge on any atom is 0.0579 e. The van der Waals surface area contributed by atoms with Gasteiger partial charge in [-0.2, -0.15) is 0 Å². The molecule has 12 heavy (non-hydrogen) atoms. The molecule has 0 amide bonds. The van der Waals surface area contributed by atoms with Gasteiger partial charge in [-0.1, -0.05) is 13.8 Å². The van der Waals surface area contributed by atoms with Crippen molar-refractivity contribution in [3.63, 3.8) is 0 Å². The average Bonchev–Trinajstić information content (AvgIpc) is 2.47. The van der Waals surface area contributed by atoms with Crippen molar-refractivity contribution in [1.82, 2.24) is 0 Å². The van der Waals surface area contributed by atoms with Crippen LogP contribution in [0.1, 0.15) is 33.1 Å². The van der Waals surface area contributed by atoms with E-state index < -0.39 is 0 Å². The maximum atomic E-state index is 9.88. The van der Waals surface area contributed by atoms with Gasteiger partial charge in [0.25, 0.3) is 0 Å². The molecule has 0 spiro atoms. The molecule has 0 radical (unpaired) electrons. The third kappa shape index (κ3) is 0.585. The fourth-order valence-electron chi connectivity index (χ4n) is 4.62. The molecule has 1 heteroatoms. The Morgan fingerprint density at radius 1 is 1.33 bits per heavy atom. The van der Waals surface area contributed by atoms with E-state index in [4.69, 9.17) is 0 Å². The van der Waals surface area contributed by atoms with Gasteiger partial charge in [0.1, 0.15) is 0 Å². The molecular formula is C11H18O. The van der Waals surface area contributed by atoms with Crippen LogP contribution in [0.3, 0.4) is 0 Å². The monoisotopic (exact) mass is 166 g/mol. The molecule has 3 saturated carbocycles. The Morgan fingerprint density at radius 2 is 2.08 bits per heavy atom. The molecule has 6 atom stereocenters. The predicted octanol–water partition coefficient (Wildman–Crippen LogP) is 2.05. The largest absolute Gasteiger partial charge is 0.393 e. The summed E-state index contributed by atoms with van der Waals surface area (Å²) in [6.07, 6.45) is 3.95. The Balaban J connectivity index is 2.03. The molecule has 1 nitrogen and oxygen atoms in total. The van der Waals surface area contributed by atoms with Crippen molar-refractivity contribution >= 4 is 0 Å². The smallest absolute Gasteiger partial charge is 0.0579 e. The molecule has 68 valence electrons. The van der Waals surface area contributed by atoms with Gasteiger partial charge >= 0.3 is 0 Å². The summed E-state index contributed by atoms with van der Waals surface area (Å²) in [7, 11) is 0. The second-order valence-electron chi connectivity index (χ2n) is 5.60. The van der Waals surface area contributed by atoms with Gasteiger partial charge in [-0.3, -0.25) is 0 Å². The van der Waals surface area contributed by atoms with E-state index in [2.05, 4.69) is 13.8 Å². The van der Waals surface area contributed by atoms with Crippen molar-refractivity contribution in [2.45, 2.75) is 39.2 Å². The quantitative estimate of drug-likeness (QED) is 0.584. The summed E-state index contributed by atoms with van der Waals surface area (Å²) in [6, 6.07) is 0. The second-order valence-corrected chi connectivity index (χ2v) is 5.60. The van der Waals surface area contributed by atoms with E-state index in [1.165, 1.54) is 12.8 Å². The van der Waals surface area contributed by atoms with Crippen LogP contribution < -0.4 is 0 Å². The van der Waals surface area contributed by atoms with Gasteiger partial charge < -0.3 is 5.11 Å². The van der Waals surface area contributed by atoms with Crippen molar-refractivity contribution in [1.29, 1.82) is 0 Å². The van der Waals surface area contributed by atoms with Crippen molar-refractivity contribution in [2.24, 2.45) is 29.1 Å². The van der Waals surface area contributed by atoms with Crippen molar-refractivity contribution in [3.8, 4) is 0 Å². The summed E-state index contributed by atoms with van der Waals surface area (Å²) in [4.78, 5) is 0. The van der Waals surface area contributed by atoms with Crippen LogP contribution in [0.4, 0.5) is 0 Å². The first-order valence-electron chi connectivity index (χ1n) is 5.31. The van der Waals surface area contributed by atoms with Gasteiger partial charge in [-0.25, -0.2) is 0 Å². The third-order valence-electron chi connectivity index (χ3n) is 5.24. The first-order valence-corrected chi connectivity index (χ1v) is 5.31. The molecule has 3 aliphatic carbocycles. The molecule has 2 unspecified atom stereocenters. The molecule has 1 N–H and O–H groups in total. The fraction of sp³-hybridized carbons (Fsp3) is 1.00. The third-order valence-corrected chi connectivity index (χ3v) is 5.24. The number of aliphatic hydroxyl groups is 1. The maximum absolute atomic E-state index is 9.88. The SMILES string of the molecule is C[C@@H]1CC2[C@@H]3C[C@H](O)[C@@H]2C1(C)C3. The molecule has 4 bridgehead atoms. The molecule has 0 aromatic carbocycles. The molecule has 3 aliphatic rings. The standard InChI is InChI=1S/C11H18O/c1-6-3-8-7-4-9(12)10(8)11(6,2)5-7/h6-10,12H,3-5H2,1-2H3/t6-,7-,8?,9+,10-,11?/m1/s1. The van der Waals surface area contributed by atoms with Crippen LogP contribution in [0.5, 0.6) is 0 Å². The van der Waals surface area contributed by atoms with Gasteiger partial charge in [-0.15, -0.1) is 0 Å². The van der Waals surface area contributed by atoms with Gasteiger partial charge in [0.2, 0.25) is 0 Å². The molecule has 3 rings (SSSR count). The minimum absolute atomic E-state index is 0.0451. The van der Waals surface area contributed by atoms with Crippen LogP contribution >= 0.6 is 0 Å². The van der Waals surface area contributed by atoms with Gasteiger partial charge in [0, 0.05) is 0 Å². The van der Waals surface area contributed by atoms with Crippen LogP contribution in [0.15, 0.2) is 0 Å². The van der Waals surface area contributed by atoms with Gasteiger partial charge in [-0.05, 0) is 48.3 Å². The highest BCUT2D eigenvalue weighted by Crippen LogP contribution is 2.69. The van der Waals surface area contributed by atoms with Crippen LogP contribution in [0, 0.1) is 29.1 Å². The predicted molar refractivity (Wildman–Crippen MR) is 47.6 cm³/mol. The summed E-state index contributed by atoms with van der Waals surface area (Å²) in [6.45, 7) is 4.78. The summed E-state index contributed by atoms with van der Waals surface area (Å²) in [5.74, 6) is 3.29. The van der Waals surface area contributed by atoms with E-state index in [0.29, 0.717) is 11.3 Å². The lowest BCUT2D eigenvalue weighted by Crippen LogP contribution is -2.35. The fourth-order valence-corrected chi connectivity index (χ4v) is 4.62. The average molecular weight is 166 g/mol. The van der Waals surface area contributed by atoms with Crippen molar-refractivity contribution in [3.05, 3.63) is 0 Å². The number of hydrogen-bond acceptors (Lipinski definition) is 1. The highest BCUT2D eigenvalue weighted by molar-refractivity contribution is 5.13. The lowest BCUT2D eigenvalue weighted by molar-refractivity contribution is 0.0179. The van der Waals surface area contributed by atoms with E-state index in [9.17, 15) is 5.11 Å². The highest BCUT2D eigenvalue weighted by Gasteiger charge is 2.65. The summed E-state index contributed by atoms with van der Waals surface area (Å²) < 4.78 is 0. The molecule has 0 saturated heterocycles. The number of rotatable bonds is 0. The van der Waals surface area contributed by atoms with Crippen LogP contribution in [-0.2, 0) is 0 Å². The lowest BCUT2D eigenvalue weighted by atomic mass is 9.67. The Bertz CT molecular complexity index is 225. The minimum atomic E-state index is 0.0451. The topological polar surface area (TPSA) is 20.2 Å². The van der Waals surface area contributed by atoms with E-state index in [-0.39, 0.29) is 6.10 Å². The van der Waals surface area contributed by atoms with Crippen LogP contribution in [0.25, 0.3) is 0 Å². The summed E-state index contributed by atoms with van der Waals surface area (Å²) in [5, 5.41) is 9.88. The van der Waals surface area contributed by atoms with Crippen molar-refractivity contribution in [2.75, 3.05) is 0 Å². The zero-order valence-electron chi connectivity index (χ0n) is 7.96. The lowest BCUT2D eigenvalue weighted by Gasteiger charge is -2.39. The molecular weight excluding hydrogens is 148 g/mol. The van der Waals surface area contributed by atoms with E-state index in [0.717, 1.165) is 24.2 Å². The summed E-state index contributed by atoms with van der Waals surface area (Å²) >= 11 is 0. The van der Waals surface area contributed by atoms with E-state index in [1.807, 2.05) is 0 Å². The number of hydrogen-bond donors (Lipinski definition) is 1. The van der Waals surface area contributed by atoms with Gasteiger partial charge in [0.15, 0.2) is 0 Å². The van der Waals surface area contributed by atoms with Crippen LogP contribution in [-0.4, -0.2) is 11.2 Å². The zero-order valence-corrected chi connectivity index (χ0v) is 7.96. The van der Waals surface area contributed by atoms with E-state index in [1.54, 1.807) is 0 Å². The Labute approximate surface area is 74.2 Å². The Morgan fingerprint density at radius 3 is 2.67 bits per heavy atom. The molecule has 0 aromatic heterocycles. The summed E-state index contributed by atoms with van der Waals surface area (Å²) in [5.41, 5.74) is 0.507.